The molecule has 0 aliphatic heterocycles. The van der Waals surface area contributed by atoms with Crippen molar-refractivity contribution in [1.82, 2.24) is 10.3 Å². The smallest absolute Gasteiger partial charge is 0.120 e. The lowest BCUT2D eigenvalue weighted by molar-refractivity contribution is 0.415. The number of aromatic nitrogens is 1. The number of aryl methyl sites for hydroxylation is 1. The number of nitrogens with zero attached hydrogens (tertiary/aromatic N) is 1. The molecule has 0 amide bonds. The minimum absolute atomic E-state index is 0.229. The van der Waals surface area contributed by atoms with Crippen molar-refractivity contribution in [2.45, 2.75) is 45.2 Å². The van der Waals surface area contributed by atoms with Crippen LogP contribution in [0.15, 0.2) is 21.9 Å². The Morgan fingerprint density at radius 3 is 3.00 bits per heavy atom. The molecule has 1 saturated carbocycles. The summed E-state index contributed by atoms with van der Waals surface area (Å²) in [4.78, 5) is 4.67. The highest BCUT2D eigenvalue weighted by atomic mass is 32.1. The minimum atomic E-state index is 0.229. The van der Waals surface area contributed by atoms with Crippen LogP contribution in [0, 0.1) is 6.92 Å². The van der Waals surface area contributed by atoms with E-state index in [1.807, 2.05) is 19.1 Å². The van der Waals surface area contributed by atoms with Gasteiger partial charge in [-0.2, -0.15) is 0 Å². The average Bonchev–Trinajstić information content (AvgIpc) is 2.95. The van der Waals surface area contributed by atoms with Gasteiger partial charge in [-0.15, -0.1) is 11.3 Å². The van der Waals surface area contributed by atoms with E-state index in [1.54, 1.807) is 11.3 Å². The summed E-state index contributed by atoms with van der Waals surface area (Å²) in [7, 11) is 0. The van der Waals surface area contributed by atoms with E-state index in [2.05, 4.69) is 22.6 Å². The molecular weight excluding hydrogens is 244 g/mol. The molecule has 0 radical (unpaired) electrons. The number of nitrogens with one attached hydrogen (secondary N) is 1. The zero-order valence-corrected chi connectivity index (χ0v) is 11.6. The van der Waals surface area contributed by atoms with E-state index in [4.69, 9.17) is 4.42 Å². The monoisotopic (exact) mass is 262 g/mol. The molecule has 3 nitrogen and oxygen atoms in total. The summed E-state index contributed by atoms with van der Waals surface area (Å²) < 4.78 is 5.61. The summed E-state index contributed by atoms with van der Waals surface area (Å²) in [5.41, 5.74) is 1.29. The second-order valence-electron chi connectivity index (χ2n) is 4.99. The van der Waals surface area contributed by atoms with Crippen molar-refractivity contribution in [3.63, 3.8) is 0 Å². The summed E-state index contributed by atoms with van der Waals surface area (Å²) in [5, 5.41) is 6.83. The number of furan rings is 1. The Morgan fingerprint density at radius 2 is 2.33 bits per heavy atom. The van der Waals surface area contributed by atoms with Gasteiger partial charge in [0, 0.05) is 17.8 Å². The van der Waals surface area contributed by atoms with Crippen LogP contribution in [0.3, 0.4) is 0 Å². The first kappa shape index (κ1) is 11.9. The first-order chi connectivity index (χ1) is 8.72. The molecule has 0 aromatic carbocycles. The molecule has 0 bridgehead atoms. The van der Waals surface area contributed by atoms with Crippen molar-refractivity contribution in [3.8, 4) is 0 Å². The Hall–Kier alpha value is -1.13. The van der Waals surface area contributed by atoms with Crippen LogP contribution in [0.1, 0.15) is 53.9 Å². The lowest BCUT2D eigenvalue weighted by atomic mass is 10.2. The van der Waals surface area contributed by atoms with Crippen molar-refractivity contribution >= 4 is 11.3 Å². The van der Waals surface area contributed by atoms with Gasteiger partial charge >= 0.3 is 0 Å². The molecule has 4 heteroatoms. The highest BCUT2D eigenvalue weighted by Crippen LogP contribution is 2.40. The molecule has 1 N–H and O–H groups in total. The topological polar surface area (TPSA) is 38.1 Å². The molecule has 2 aromatic heterocycles. The van der Waals surface area contributed by atoms with Crippen molar-refractivity contribution in [2.24, 2.45) is 0 Å². The number of thiazole rings is 1. The molecule has 2 aromatic rings. The van der Waals surface area contributed by atoms with Crippen LogP contribution in [0.4, 0.5) is 0 Å². The maximum atomic E-state index is 5.61. The molecule has 3 rings (SSSR count). The van der Waals surface area contributed by atoms with Gasteiger partial charge in [-0.05, 0) is 38.8 Å². The Balaban J connectivity index is 1.56. The van der Waals surface area contributed by atoms with Gasteiger partial charge in [0.1, 0.15) is 16.5 Å². The van der Waals surface area contributed by atoms with Crippen molar-refractivity contribution in [1.29, 1.82) is 0 Å². The molecule has 1 fully saturated rings. The molecule has 1 atom stereocenters. The van der Waals surface area contributed by atoms with Crippen LogP contribution in [0.25, 0.3) is 0 Å². The van der Waals surface area contributed by atoms with Gasteiger partial charge in [0.25, 0.3) is 0 Å². The quantitative estimate of drug-likeness (QED) is 0.891. The van der Waals surface area contributed by atoms with Crippen LogP contribution in [-0.4, -0.2) is 4.98 Å². The van der Waals surface area contributed by atoms with Gasteiger partial charge in [0.2, 0.25) is 0 Å². The standard InChI is InChI=1S/C14H18N2OS/c1-9-3-6-13(17-9)10(2)15-7-14-16-12(8-18-14)11-4-5-11/h3,6,8,10-11,15H,4-5,7H2,1-2H3/t10-/m1/s1. The predicted molar refractivity (Wildman–Crippen MR) is 72.8 cm³/mol. The average molecular weight is 262 g/mol. The van der Waals surface area contributed by atoms with Crippen LogP contribution < -0.4 is 5.32 Å². The second-order valence-corrected chi connectivity index (χ2v) is 5.93. The first-order valence-corrected chi connectivity index (χ1v) is 7.34. The van der Waals surface area contributed by atoms with Crippen molar-refractivity contribution in [3.05, 3.63) is 39.7 Å². The van der Waals surface area contributed by atoms with Crippen LogP contribution >= 0.6 is 11.3 Å². The molecular formula is C14H18N2OS. The Bertz CT molecular complexity index is 527. The number of hydrogen-bond acceptors (Lipinski definition) is 4. The predicted octanol–water partition coefficient (Wildman–Crippen LogP) is 3.77. The third-order valence-electron chi connectivity index (χ3n) is 3.31. The summed E-state index contributed by atoms with van der Waals surface area (Å²) in [6.45, 7) is 4.91. The number of rotatable bonds is 5. The first-order valence-electron chi connectivity index (χ1n) is 6.46. The fourth-order valence-electron chi connectivity index (χ4n) is 2.00. The lowest BCUT2D eigenvalue weighted by Crippen LogP contribution is -2.17. The lowest BCUT2D eigenvalue weighted by Gasteiger charge is -2.09. The zero-order valence-electron chi connectivity index (χ0n) is 10.8. The third-order valence-corrected chi connectivity index (χ3v) is 4.18. The fourth-order valence-corrected chi connectivity index (χ4v) is 2.83. The van der Waals surface area contributed by atoms with E-state index in [0.29, 0.717) is 0 Å². The normalized spacial score (nSPS) is 17.0. The van der Waals surface area contributed by atoms with Gasteiger partial charge < -0.3 is 9.73 Å². The van der Waals surface area contributed by atoms with Gasteiger partial charge in [-0.1, -0.05) is 0 Å². The summed E-state index contributed by atoms with van der Waals surface area (Å²) in [5.74, 6) is 2.70. The van der Waals surface area contributed by atoms with E-state index < -0.39 is 0 Å². The highest BCUT2D eigenvalue weighted by molar-refractivity contribution is 7.09. The molecule has 1 aliphatic carbocycles. The van der Waals surface area contributed by atoms with Gasteiger partial charge in [0.05, 0.1) is 11.7 Å². The van der Waals surface area contributed by atoms with Crippen LogP contribution in [0.2, 0.25) is 0 Å². The second kappa shape index (κ2) is 4.86. The van der Waals surface area contributed by atoms with Gasteiger partial charge in [-0.3, -0.25) is 0 Å². The fraction of sp³-hybridized carbons (Fsp3) is 0.500. The van der Waals surface area contributed by atoms with E-state index in [9.17, 15) is 0 Å². The minimum Gasteiger partial charge on any atom is -0.465 e. The Kier molecular flexibility index (Phi) is 3.22. The maximum Gasteiger partial charge on any atom is 0.120 e. The maximum absolute atomic E-state index is 5.61. The molecule has 0 unspecified atom stereocenters. The third kappa shape index (κ3) is 2.65. The van der Waals surface area contributed by atoms with E-state index >= 15 is 0 Å². The Morgan fingerprint density at radius 1 is 1.50 bits per heavy atom. The molecule has 0 spiro atoms. The summed E-state index contributed by atoms with van der Waals surface area (Å²) >= 11 is 1.76. The van der Waals surface area contributed by atoms with Gasteiger partial charge in [0.15, 0.2) is 0 Å². The molecule has 1 aliphatic rings. The highest BCUT2D eigenvalue weighted by Gasteiger charge is 2.25. The Labute approximate surface area is 111 Å². The molecule has 2 heterocycles. The largest absolute Gasteiger partial charge is 0.465 e. The van der Waals surface area contributed by atoms with Crippen LogP contribution in [-0.2, 0) is 6.54 Å². The van der Waals surface area contributed by atoms with Gasteiger partial charge in [-0.25, -0.2) is 4.98 Å². The SMILES string of the molecule is Cc1ccc([C@@H](C)NCc2nc(C3CC3)cs2)o1. The summed E-state index contributed by atoms with van der Waals surface area (Å²) in [6.07, 6.45) is 2.64. The summed E-state index contributed by atoms with van der Waals surface area (Å²) in [6, 6.07) is 4.26. The number of hydrogen-bond donors (Lipinski definition) is 1. The molecule has 0 saturated heterocycles. The zero-order chi connectivity index (χ0) is 12.5. The van der Waals surface area contributed by atoms with Crippen LogP contribution in [0.5, 0.6) is 0 Å². The van der Waals surface area contributed by atoms with Crippen molar-refractivity contribution < 1.29 is 4.42 Å². The van der Waals surface area contributed by atoms with Crippen molar-refractivity contribution in [2.75, 3.05) is 0 Å². The van der Waals surface area contributed by atoms with E-state index in [1.165, 1.54) is 23.5 Å². The van der Waals surface area contributed by atoms with E-state index in [0.717, 1.165) is 24.0 Å². The van der Waals surface area contributed by atoms with E-state index in [-0.39, 0.29) is 6.04 Å². The molecule has 96 valence electrons. The molecule has 18 heavy (non-hydrogen) atoms.